The van der Waals surface area contributed by atoms with E-state index in [1.165, 1.54) is 44.1 Å². The first kappa shape index (κ1) is 48.7. The Hall–Kier alpha value is -1.70. The van der Waals surface area contributed by atoms with Crippen molar-refractivity contribution in [3.05, 3.63) is 52.5 Å². The van der Waals surface area contributed by atoms with Crippen molar-refractivity contribution >= 4 is 18.8 Å². The van der Waals surface area contributed by atoms with Crippen molar-refractivity contribution in [3.63, 3.8) is 0 Å². The number of fused-ring (bicyclic) bond motifs is 1. The lowest BCUT2D eigenvalue weighted by atomic mass is 9.64. The molecule has 0 amide bonds. The zero-order valence-corrected chi connectivity index (χ0v) is 32.5. The first-order valence-corrected chi connectivity index (χ1v) is 18.3. The van der Waals surface area contributed by atoms with Crippen LogP contribution in [0.15, 0.2) is 52.2 Å². The quantitative estimate of drug-likeness (QED) is 0.123. The van der Waals surface area contributed by atoms with Crippen LogP contribution >= 0.6 is 12.8 Å². The molecular weight excluding hydrogens is 594 g/mol. The number of aliphatic carboxylic acids is 1. The van der Waals surface area contributed by atoms with Crippen molar-refractivity contribution in [2.45, 2.75) is 153 Å². The molecule has 0 aliphatic heterocycles. The van der Waals surface area contributed by atoms with Crippen molar-refractivity contribution < 1.29 is 20.1 Å². The zero-order chi connectivity index (χ0) is 36.5. The van der Waals surface area contributed by atoms with E-state index in [1.54, 1.807) is 5.57 Å². The summed E-state index contributed by atoms with van der Waals surface area (Å²) in [5.74, 6) is 2.12. The highest BCUT2D eigenvalue weighted by Gasteiger charge is 2.47. The minimum absolute atomic E-state index is 0.113. The molecule has 0 saturated heterocycles. The maximum atomic E-state index is 10.3. The predicted molar refractivity (Wildman–Crippen MR) is 203 cm³/mol. The molecule has 6 nitrogen and oxygen atoms in total. The van der Waals surface area contributed by atoms with Gasteiger partial charge in [-0.25, -0.2) is 4.79 Å². The number of nitrogens with zero attached hydrogens (tertiary/aromatic N) is 1. The fourth-order valence-corrected chi connectivity index (χ4v) is 5.95. The SMILES string of the molecule is C=C(C(=O)O)C(C)CCC.C=C1/C(=C\C=C2/CCCC3(C)C(C)CC[C@@H]23)CCC(C)C1O.CC.CCC(C)C.CCCO.O=NS. The standard InChI is InChI=1S/C21H32O.C8H14O2.C5H12.C3H8O.C2H6.HNOS/c1-14-7-9-17(16(3)20(14)22)10-11-18-6-5-13-21(4)15(2)8-12-19(18)21;1-4-5-6(2)7(3)8(9)10;1-4-5(2)3;1-2-3-4;1-2;2-1-3/h10-11,14-15,19-20,22H,3,5-9,12-13H2,1-2,4H3;6H,3-5H2,1-2H3,(H,9,10);5H,4H2,1-3H3;4H,2-3H2,1H3;1-2H3;(H,2,3)/b17-10-,18-11+;;;;;/t14?,15?,19-,20?,21?;;;;;/m0...../s1. The fourth-order valence-electron chi connectivity index (χ4n) is 5.95. The smallest absolute Gasteiger partial charge is 0.331 e. The van der Waals surface area contributed by atoms with Gasteiger partial charge in [0.2, 0.25) is 0 Å². The molecule has 46 heavy (non-hydrogen) atoms. The molecule has 0 radical (unpaired) electrons. The van der Waals surface area contributed by atoms with Gasteiger partial charge in [0, 0.05) is 29.6 Å². The second-order valence-corrected chi connectivity index (χ2v) is 13.6. The van der Waals surface area contributed by atoms with E-state index in [1.807, 2.05) is 39.2 Å². The Labute approximate surface area is 289 Å². The number of thiol groups is 1. The molecule has 3 aliphatic rings. The van der Waals surface area contributed by atoms with Crippen molar-refractivity contribution in [1.29, 1.82) is 0 Å². The number of allylic oxidation sites excluding steroid dienone is 3. The number of nitroso groups, excluding NO2 is 1. The van der Waals surface area contributed by atoms with Crippen LogP contribution in [0.4, 0.5) is 0 Å². The summed E-state index contributed by atoms with van der Waals surface area (Å²) >= 11 is 2.86. The van der Waals surface area contributed by atoms with Crippen LogP contribution in [0.1, 0.15) is 147 Å². The van der Waals surface area contributed by atoms with E-state index in [2.05, 4.69) is 79.7 Å². The van der Waals surface area contributed by atoms with Crippen LogP contribution < -0.4 is 0 Å². The van der Waals surface area contributed by atoms with Crippen molar-refractivity contribution in [3.8, 4) is 0 Å². The summed E-state index contributed by atoms with van der Waals surface area (Å²) in [6.07, 6.45) is 17.3. The molecule has 3 fully saturated rings. The third kappa shape index (κ3) is 18.6. The van der Waals surface area contributed by atoms with Crippen LogP contribution in [0.2, 0.25) is 0 Å². The number of rotatable bonds is 7. The molecule has 6 atom stereocenters. The Morgan fingerprint density at radius 1 is 1.07 bits per heavy atom. The monoisotopic (exact) mass is 668 g/mol. The molecule has 3 saturated carbocycles. The second kappa shape index (κ2) is 28.3. The van der Waals surface area contributed by atoms with Gasteiger partial charge in [0.15, 0.2) is 0 Å². The van der Waals surface area contributed by atoms with Crippen molar-refractivity contribution in [2.24, 2.45) is 39.6 Å². The number of carboxylic acid groups (broad SMARTS) is 1. The first-order valence-electron chi connectivity index (χ1n) is 17.9. The topological polar surface area (TPSA) is 107 Å². The Morgan fingerprint density at radius 2 is 1.59 bits per heavy atom. The van der Waals surface area contributed by atoms with E-state index >= 15 is 0 Å². The molecule has 0 bridgehead atoms. The zero-order valence-electron chi connectivity index (χ0n) is 31.6. The highest BCUT2D eigenvalue weighted by Crippen LogP contribution is 2.57. The molecule has 0 aromatic rings. The van der Waals surface area contributed by atoms with E-state index in [0.717, 1.165) is 55.4 Å². The van der Waals surface area contributed by atoms with Crippen molar-refractivity contribution in [1.82, 2.24) is 0 Å². The average Bonchev–Trinajstić information content (AvgIpc) is 3.35. The lowest BCUT2D eigenvalue weighted by Gasteiger charge is -2.41. The van der Waals surface area contributed by atoms with Gasteiger partial charge in [-0.2, -0.15) is 0 Å². The van der Waals surface area contributed by atoms with Crippen LogP contribution in [0.3, 0.4) is 0 Å². The van der Waals surface area contributed by atoms with Crippen molar-refractivity contribution in [2.75, 3.05) is 6.61 Å². The number of hydrogen-bond acceptors (Lipinski definition) is 5. The molecule has 3 N–H and O–H groups in total. The summed E-state index contributed by atoms with van der Waals surface area (Å²) in [7, 11) is 0. The number of carbonyl (C=O) groups is 1. The highest BCUT2D eigenvalue weighted by molar-refractivity contribution is 7.78. The Morgan fingerprint density at radius 3 is 2.02 bits per heavy atom. The molecule has 0 heterocycles. The normalized spacial score (nSPS) is 27.0. The third-order valence-corrected chi connectivity index (χ3v) is 9.75. The van der Waals surface area contributed by atoms with Crippen LogP contribution in [-0.4, -0.2) is 34.0 Å². The molecule has 5 unspecified atom stereocenters. The molecular formula is C39H73NO5S. The first-order chi connectivity index (χ1) is 21.6. The van der Waals surface area contributed by atoms with E-state index < -0.39 is 5.97 Å². The number of aliphatic hydroxyl groups excluding tert-OH is 2. The molecule has 3 rings (SSSR count). The summed E-state index contributed by atoms with van der Waals surface area (Å²) in [5.41, 5.74) is 4.74. The summed E-state index contributed by atoms with van der Waals surface area (Å²) in [6.45, 7) is 31.5. The summed E-state index contributed by atoms with van der Waals surface area (Å²) < 4.78 is 1.94. The van der Waals surface area contributed by atoms with E-state index in [4.69, 9.17) is 15.1 Å². The Balaban J connectivity index is -0.000000640. The lowest BCUT2D eigenvalue weighted by Crippen LogP contribution is -2.32. The van der Waals surface area contributed by atoms with Gasteiger partial charge < -0.3 is 15.3 Å². The predicted octanol–water partition coefficient (Wildman–Crippen LogP) is 11.6. The van der Waals surface area contributed by atoms with Crippen LogP contribution in [0.5, 0.6) is 0 Å². The maximum absolute atomic E-state index is 10.3. The van der Waals surface area contributed by atoms with Crippen LogP contribution in [-0.2, 0) is 4.79 Å². The van der Waals surface area contributed by atoms with E-state index in [-0.39, 0.29) is 12.0 Å². The maximum Gasteiger partial charge on any atom is 0.331 e. The van der Waals surface area contributed by atoms with Gasteiger partial charge in [-0.15, -0.1) is 4.91 Å². The molecule has 0 aromatic carbocycles. The van der Waals surface area contributed by atoms with Gasteiger partial charge in [0.05, 0.1) is 6.10 Å². The summed E-state index contributed by atoms with van der Waals surface area (Å²) in [6, 6.07) is 0. The minimum Gasteiger partial charge on any atom is -0.478 e. The molecule has 7 heteroatoms. The Bertz CT molecular complexity index is 910. The largest absolute Gasteiger partial charge is 0.478 e. The van der Waals surface area contributed by atoms with Gasteiger partial charge in [0.25, 0.3) is 0 Å². The summed E-state index contributed by atoms with van der Waals surface area (Å²) in [4.78, 5) is 18.7. The Kier molecular flexibility index (Phi) is 30.0. The lowest BCUT2D eigenvalue weighted by molar-refractivity contribution is -0.133. The van der Waals surface area contributed by atoms with Gasteiger partial charge >= 0.3 is 5.97 Å². The second-order valence-electron chi connectivity index (χ2n) is 13.4. The van der Waals surface area contributed by atoms with Gasteiger partial charge in [-0.1, -0.05) is 120 Å². The molecule has 0 aromatic heterocycles. The minimum atomic E-state index is -0.874. The molecule has 0 spiro atoms. The summed E-state index contributed by atoms with van der Waals surface area (Å²) in [5, 5.41) is 26.6. The number of carboxylic acids is 1. The van der Waals surface area contributed by atoms with Crippen LogP contribution in [0.25, 0.3) is 0 Å². The van der Waals surface area contributed by atoms with E-state index in [0.29, 0.717) is 23.5 Å². The van der Waals surface area contributed by atoms with Gasteiger partial charge in [0.1, 0.15) is 0 Å². The third-order valence-electron chi connectivity index (χ3n) is 9.75. The van der Waals surface area contributed by atoms with Gasteiger partial charge in [-0.05, 0) is 104 Å². The van der Waals surface area contributed by atoms with Gasteiger partial charge in [-0.3, -0.25) is 0 Å². The van der Waals surface area contributed by atoms with E-state index in [9.17, 15) is 9.90 Å². The molecule has 270 valence electrons. The number of aliphatic hydroxyl groups is 2. The fraction of sp³-hybridized carbons (Fsp3) is 0.769. The number of hydrogen-bond donors (Lipinski definition) is 4. The highest BCUT2D eigenvalue weighted by atomic mass is 32.1. The molecule has 3 aliphatic carbocycles. The average molecular weight is 668 g/mol. The van der Waals surface area contributed by atoms with Crippen LogP contribution in [0, 0.1) is 39.9 Å².